The fraction of sp³-hybridized carbons (Fsp3) is 0.500. The fourth-order valence-corrected chi connectivity index (χ4v) is 1.83. The van der Waals surface area contributed by atoms with Crippen LogP contribution in [0.1, 0.15) is 31.9 Å². The van der Waals surface area contributed by atoms with Crippen molar-refractivity contribution in [3.63, 3.8) is 0 Å². The summed E-state index contributed by atoms with van der Waals surface area (Å²) < 4.78 is 13.2. The summed E-state index contributed by atoms with van der Waals surface area (Å²) in [5.41, 5.74) is -0.270. The maximum Gasteiger partial charge on any atom is 0.305 e. The quantitative estimate of drug-likeness (QED) is 0.604. The van der Waals surface area contributed by atoms with Crippen molar-refractivity contribution in [3.05, 3.63) is 39.7 Å². The van der Waals surface area contributed by atoms with E-state index < -0.39 is 22.5 Å². The van der Waals surface area contributed by atoms with Gasteiger partial charge in [-0.25, -0.2) is 0 Å². The van der Waals surface area contributed by atoms with Crippen LogP contribution in [0.5, 0.6) is 0 Å². The Morgan fingerprint density at radius 1 is 1.50 bits per heavy atom. The van der Waals surface area contributed by atoms with Gasteiger partial charge in [0.25, 0.3) is 0 Å². The van der Waals surface area contributed by atoms with Gasteiger partial charge in [-0.2, -0.15) is 4.39 Å². The second-order valence-electron chi connectivity index (χ2n) is 3.99. The van der Waals surface area contributed by atoms with E-state index in [0.29, 0.717) is 18.5 Å². The Balaban J connectivity index is 3.02. The highest BCUT2D eigenvalue weighted by Gasteiger charge is 2.22. The zero-order valence-electron chi connectivity index (χ0n) is 10.4. The van der Waals surface area contributed by atoms with Gasteiger partial charge < -0.3 is 10.4 Å². The number of nitro groups is 1. The Kier molecular flexibility index (Phi) is 5.18. The normalized spacial score (nSPS) is 14.2. The lowest BCUT2D eigenvalue weighted by Crippen LogP contribution is -2.34. The van der Waals surface area contributed by atoms with Crippen LogP contribution < -0.4 is 5.32 Å². The van der Waals surface area contributed by atoms with E-state index in [0.717, 1.165) is 12.1 Å². The average molecular weight is 256 g/mol. The van der Waals surface area contributed by atoms with E-state index in [4.69, 9.17) is 0 Å². The number of rotatable bonds is 6. The number of nitro benzene ring substituents is 1. The molecule has 0 fully saturated rings. The summed E-state index contributed by atoms with van der Waals surface area (Å²) in [6, 6.07) is 3.25. The first-order valence-electron chi connectivity index (χ1n) is 5.86. The minimum absolute atomic E-state index is 0.208. The predicted molar refractivity (Wildman–Crippen MR) is 65.8 cm³/mol. The van der Waals surface area contributed by atoms with Crippen molar-refractivity contribution in [2.24, 2.45) is 0 Å². The van der Waals surface area contributed by atoms with Gasteiger partial charge in [0.1, 0.15) is 0 Å². The highest BCUT2D eigenvalue weighted by Crippen LogP contribution is 2.25. The van der Waals surface area contributed by atoms with Gasteiger partial charge in [0, 0.05) is 12.1 Å². The molecule has 0 heterocycles. The maximum atomic E-state index is 13.2. The largest absolute Gasteiger partial charge is 0.387 e. The van der Waals surface area contributed by atoms with Gasteiger partial charge in [-0.05, 0) is 24.6 Å². The van der Waals surface area contributed by atoms with E-state index in [1.54, 1.807) is 0 Å². The number of nitrogens with one attached hydrogen (secondary N) is 1. The molecule has 2 atom stereocenters. The molecule has 0 aliphatic rings. The van der Waals surface area contributed by atoms with Gasteiger partial charge in [0.2, 0.25) is 5.82 Å². The molecule has 2 unspecified atom stereocenters. The molecule has 0 aliphatic heterocycles. The number of hydrogen-bond acceptors (Lipinski definition) is 4. The third-order valence-electron chi connectivity index (χ3n) is 2.80. The van der Waals surface area contributed by atoms with Crippen molar-refractivity contribution in [1.82, 2.24) is 5.32 Å². The monoisotopic (exact) mass is 256 g/mol. The molecule has 18 heavy (non-hydrogen) atoms. The van der Waals surface area contributed by atoms with E-state index in [2.05, 4.69) is 5.32 Å². The van der Waals surface area contributed by atoms with E-state index >= 15 is 0 Å². The molecule has 0 aromatic heterocycles. The second kappa shape index (κ2) is 6.42. The van der Waals surface area contributed by atoms with E-state index in [1.165, 1.54) is 6.07 Å². The summed E-state index contributed by atoms with van der Waals surface area (Å²) in [5, 5.41) is 23.8. The van der Waals surface area contributed by atoms with Gasteiger partial charge >= 0.3 is 5.69 Å². The molecule has 1 aromatic rings. The molecule has 5 nitrogen and oxygen atoms in total. The third kappa shape index (κ3) is 3.24. The van der Waals surface area contributed by atoms with Crippen LogP contribution in [0.15, 0.2) is 18.2 Å². The van der Waals surface area contributed by atoms with E-state index in [9.17, 15) is 19.6 Å². The summed E-state index contributed by atoms with van der Waals surface area (Å²) in [5.74, 6) is -0.896. The lowest BCUT2D eigenvalue weighted by molar-refractivity contribution is -0.387. The predicted octanol–water partition coefficient (Wildman–Crippen LogP) is 2.16. The van der Waals surface area contributed by atoms with Crippen LogP contribution in [0.4, 0.5) is 10.1 Å². The SMILES string of the molecule is CCNC(CC)C(O)c1ccc(F)c([N+](=O)[O-])c1. The molecule has 0 amide bonds. The van der Waals surface area contributed by atoms with Crippen LogP contribution in [-0.2, 0) is 0 Å². The number of aliphatic hydroxyl groups is 1. The molecule has 1 aromatic carbocycles. The van der Waals surface area contributed by atoms with Crippen LogP contribution in [0.2, 0.25) is 0 Å². The minimum Gasteiger partial charge on any atom is -0.387 e. The fourth-order valence-electron chi connectivity index (χ4n) is 1.83. The average Bonchev–Trinajstić information content (AvgIpc) is 2.35. The molecule has 0 saturated carbocycles. The standard InChI is InChI=1S/C12H17FN2O3/c1-3-10(14-4-2)12(16)8-5-6-9(13)11(7-8)15(17)18/h5-7,10,12,14,16H,3-4H2,1-2H3. The molecule has 0 spiro atoms. The first-order chi connectivity index (χ1) is 8.51. The highest BCUT2D eigenvalue weighted by molar-refractivity contribution is 5.37. The van der Waals surface area contributed by atoms with E-state index in [-0.39, 0.29) is 6.04 Å². The molecular formula is C12H17FN2O3. The molecular weight excluding hydrogens is 239 g/mol. The van der Waals surface area contributed by atoms with Crippen molar-refractivity contribution >= 4 is 5.69 Å². The zero-order chi connectivity index (χ0) is 13.7. The summed E-state index contributed by atoms with van der Waals surface area (Å²) >= 11 is 0. The lowest BCUT2D eigenvalue weighted by atomic mass is 9.99. The molecule has 0 radical (unpaired) electrons. The number of hydrogen-bond donors (Lipinski definition) is 2. The lowest BCUT2D eigenvalue weighted by Gasteiger charge is -2.22. The van der Waals surface area contributed by atoms with Crippen LogP contribution in [-0.4, -0.2) is 22.6 Å². The summed E-state index contributed by atoms with van der Waals surface area (Å²) in [6.45, 7) is 4.48. The molecule has 0 bridgehead atoms. The molecule has 1 rings (SSSR count). The van der Waals surface area contributed by atoms with Crippen LogP contribution in [0.3, 0.4) is 0 Å². The number of likely N-dealkylation sites (N-methyl/N-ethyl adjacent to an activating group) is 1. The highest BCUT2D eigenvalue weighted by atomic mass is 19.1. The van der Waals surface area contributed by atoms with Crippen LogP contribution in [0.25, 0.3) is 0 Å². The van der Waals surface area contributed by atoms with Crippen molar-refractivity contribution < 1.29 is 14.4 Å². The number of halogens is 1. The summed E-state index contributed by atoms with van der Waals surface area (Å²) in [4.78, 5) is 9.84. The second-order valence-corrected chi connectivity index (χ2v) is 3.99. The Labute approximate surface area is 105 Å². The Bertz CT molecular complexity index is 426. The van der Waals surface area contributed by atoms with Crippen LogP contribution in [0, 0.1) is 15.9 Å². The molecule has 0 aliphatic carbocycles. The van der Waals surface area contributed by atoms with Crippen molar-refractivity contribution in [3.8, 4) is 0 Å². The number of nitrogens with zero attached hydrogens (tertiary/aromatic N) is 1. The van der Waals surface area contributed by atoms with Gasteiger partial charge in [0.15, 0.2) is 0 Å². The van der Waals surface area contributed by atoms with E-state index in [1.807, 2.05) is 13.8 Å². The molecule has 0 saturated heterocycles. The summed E-state index contributed by atoms with van der Waals surface area (Å²) in [7, 11) is 0. The van der Waals surface area contributed by atoms with Gasteiger partial charge in [-0.15, -0.1) is 0 Å². The minimum atomic E-state index is -0.896. The van der Waals surface area contributed by atoms with Crippen LogP contribution >= 0.6 is 0 Å². The number of benzene rings is 1. The zero-order valence-corrected chi connectivity index (χ0v) is 10.4. The van der Waals surface area contributed by atoms with Crippen molar-refractivity contribution in [2.75, 3.05) is 6.54 Å². The van der Waals surface area contributed by atoms with Crippen molar-refractivity contribution in [1.29, 1.82) is 0 Å². The third-order valence-corrected chi connectivity index (χ3v) is 2.80. The Morgan fingerprint density at radius 2 is 2.17 bits per heavy atom. The Morgan fingerprint density at radius 3 is 2.67 bits per heavy atom. The summed E-state index contributed by atoms with van der Waals surface area (Å²) in [6.07, 6.45) is -0.227. The Hall–Kier alpha value is -1.53. The van der Waals surface area contributed by atoms with Crippen molar-refractivity contribution in [2.45, 2.75) is 32.4 Å². The molecule has 2 N–H and O–H groups in total. The molecule has 6 heteroatoms. The first kappa shape index (κ1) is 14.5. The maximum absolute atomic E-state index is 13.2. The topological polar surface area (TPSA) is 75.4 Å². The molecule has 100 valence electrons. The van der Waals surface area contributed by atoms with Gasteiger partial charge in [-0.3, -0.25) is 10.1 Å². The van der Waals surface area contributed by atoms with Gasteiger partial charge in [0.05, 0.1) is 11.0 Å². The van der Waals surface area contributed by atoms with Gasteiger partial charge in [-0.1, -0.05) is 19.9 Å². The number of aliphatic hydroxyl groups excluding tert-OH is 1. The smallest absolute Gasteiger partial charge is 0.305 e. The first-order valence-corrected chi connectivity index (χ1v) is 5.86.